The molecule has 0 bridgehead atoms. The highest BCUT2D eigenvalue weighted by atomic mass is 16.5. The van der Waals surface area contributed by atoms with Crippen LogP contribution in [0.1, 0.15) is 41.3 Å². The molecule has 1 unspecified atom stereocenters. The van der Waals surface area contributed by atoms with Gasteiger partial charge in [-0.25, -0.2) is 4.98 Å². The van der Waals surface area contributed by atoms with E-state index in [4.69, 9.17) is 9.72 Å². The normalized spacial score (nSPS) is 16.4. The third-order valence-corrected chi connectivity index (χ3v) is 6.08. The predicted molar refractivity (Wildman–Crippen MR) is 122 cm³/mol. The van der Waals surface area contributed by atoms with Crippen molar-refractivity contribution >= 4 is 22.8 Å². The van der Waals surface area contributed by atoms with Crippen molar-refractivity contribution in [3.63, 3.8) is 0 Å². The highest BCUT2D eigenvalue weighted by Crippen LogP contribution is 2.28. The molecule has 0 aliphatic carbocycles. The number of esters is 1. The second-order valence-electron chi connectivity index (χ2n) is 8.21. The number of fused-ring (bicyclic) bond motifs is 1. The number of rotatable bonds is 4. The summed E-state index contributed by atoms with van der Waals surface area (Å²) in [5.41, 5.74) is 5.60. The Morgan fingerprint density at radius 3 is 2.68 bits per heavy atom. The van der Waals surface area contributed by atoms with Gasteiger partial charge in [0.25, 0.3) is 5.91 Å². The SMILES string of the molecule is CCOC(=O)C1CCCN(C(=O)c2cc(-c3ccc(C)c(C)c3)nc3ccccc23)C1. The van der Waals surface area contributed by atoms with Crippen LogP contribution in [-0.2, 0) is 9.53 Å². The van der Waals surface area contributed by atoms with E-state index in [2.05, 4.69) is 26.0 Å². The molecule has 160 valence electrons. The third kappa shape index (κ3) is 4.31. The van der Waals surface area contributed by atoms with Crippen molar-refractivity contribution in [1.82, 2.24) is 9.88 Å². The molecule has 31 heavy (non-hydrogen) atoms. The highest BCUT2D eigenvalue weighted by molar-refractivity contribution is 6.07. The summed E-state index contributed by atoms with van der Waals surface area (Å²) in [4.78, 5) is 32.4. The fourth-order valence-corrected chi connectivity index (χ4v) is 4.19. The number of piperidine rings is 1. The lowest BCUT2D eigenvalue weighted by atomic mass is 9.96. The van der Waals surface area contributed by atoms with Crippen LogP contribution in [0.2, 0.25) is 0 Å². The summed E-state index contributed by atoms with van der Waals surface area (Å²) in [6, 6.07) is 15.9. The Bertz CT molecular complexity index is 1140. The van der Waals surface area contributed by atoms with Crippen molar-refractivity contribution in [2.75, 3.05) is 19.7 Å². The number of aromatic nitrogens is 1. The fourth-order valence-electron chi connectivity index (χ4n) is 4.19. The minimum atomic E-state index is -0.259. The summed E-state index contributed by atoms with van der Waals surface area (Å²) in [5.74, 6) is -0.530. The Hall–Kier alpha value is -3.21. The maximum Gasteiger partial charge on any atom is 0.310 e. The summed E-state index contributed by atoms with van der Waals surface area (Å²) in [6.45, 7) is 7.36. The number of ether oxygens (including phenoxy) is 1. The zero-order chi connectivity index (χ0) is 22.0. The van der Waals surface area contributed by atoms with Crippen molar-refractivity contribution in [3.8, 4) is 11.3 Å². The zero-order valence-electron chi connectivity index (χ0n) is 18.4. The molecule has 1 aromatic heterocycles. The molecule has 1 amide bonds. The molecule has 2 aromatic carbocycles. The summed E-state index contributed by atoms with van der Waals surface area (Å²) >= 11 is 0. The number of carbonyl (C=O) groups excluding carboxylic acids is 2. The molecule has 1 aliphatic heterocycles. The van der Waals surface area contributed by atoms with Crippen molar-refractivity contribution < 1.29 is 14.3 Å². The van der Waals surface area contributed by atoms with Crippen LogP contribution >= 0.6 is 0 Å². The standard InChI is InChI=1S/C26H28N2O3/c1-4-31-26(30)20-8-7-13-28(16-20)25(29)22-15-24(19-12-11-17(2)18(3)14-19)27-23-10-6-5-9-21(22)23/h5-6,9-12,14-15,20H,4,7-8,13,16H2,1-3H3. The number of likely N-dealkylation sites (tertiary alicyclic amines) is 1. The first-order chi connectivity index (χ1) is 15.0. The van der Waals surface area contributed by atoms with Crippen molar-refractivity contribution in [1.29, 1.82) is 0 Å². The molecule has 1 saturated heterocycles. The van der Waals surface area contributed by atoms with Gasteiger partial charge in [0.15, 0.2) is 0 Å². The Balaban J connectivity index is 1.73. The number of hydrogen-bond donors (Lipinski definition) is 0. The van der Waals surface area contributed by atoms with Crippen LogP contribution in [0.3, 0.4) is 0 Å². The third-order valence-electron chi connectivity index (χ3n) is 6.08. The van der Waals surface area contributed by atoms with E-state index in [9.17, 15) is 9.59 Å². The number of benzene rings is 2. The molecule has 2 heterocycles. The number of amides is 1. The first-order valence-electron chi connectivity index (χ1n) is 10.9. The molecule has 0 saturated carbocycles. The number of pyridine rings is 1. The molecule has 4 rings (SSSR count). The van der Waals surface area contributed by atoms with Gasteiger partial charge in [-0.15, -0.1) is 0 Å². The smallest absolute Gasteiger partial charge is 0.310 e. The highest BCUT2D eigenvalue weighted by Gasteiger charge is 2.30. The van der Waals surface area contributed by atoms with Crippen LogP contribution in [-0.4, -0.2) is 41.5 Å². The van der Waals surface area contributed by atoms with E-state index >= 15 is 0 Å². The van der Waals surface area contributed by atoms with E-state index in [1.165, 1.54) is 11.1 Å². The molecule has 0 radical (unpaired) electrons. The second-order valence-corrected chi connectivity index (χ2v) is 8.21. The minimum absolute atomic E-state index is 0.0577. The summed E-state index contributed by atoms with van der Waals surface area (Å²) in [7, 11) is 0. The largest absolute Gasteiger partial charge is 0.466 e. The van der Waals surface area contributed by atoms with E-state index in [1.54, 1.807) is 11.8 Å². The second kappa shape index (κ2) is 8.88. The average molecular weight is 417 g/mol. The van der Waals surface area contributed by atoms with Crippen LogP contribution in [0.25, 0.3) is 22.2 Å². The average Bonchev–Trinajstić information content (AvgIpc) is 2.80. The molecule has 0 spiro atoms. The van der Waals surface area contributed by atoms with Gasteiger partial charge < -0.3 is 9.64 Å². The molecular weight excluding hydrogens is 388 g/mol. The van der Waals surface area contributed by atoms with Gasteiger partial charge in [0.1, 0.15) is 0 Å². The van der Waals surface area contributed by atoms with E-state index < -0.39 is 0 Å². The first kappa shape index (κ1) is 21.0. The topological polar surface area (TPSA) is 59.5 Å². The number of nitrogens with zero attached hydrogens (tertiary/aromatic N) is 2. The van der Waals surface area contributed by atoms with Crippen LogP contribution in [0, 0.1) is 19.8 Å². The maximum atomic E-state index is 13.6. The van der Waals surface area contributed by atoms with Crippen molar-refractivity contribution in [2.24, 2.45) is 5.92 Å². The van der Waals surface area contributed by atoms with Gasteiger partial charge in [0, 0.05) is 24.0 Å². The van der Waals surface area contributed by atoms with E-state index in [-0.39, 0.29) is 17.8 Å². The quantitative estimate of drug-likeness (QED) is 0.566. The van der Waals surface area contributed by atoms with Gasteiger partial charge in [0.2, 0.25) is 0 Å². The lowest BCUT2D eigenvalue weighted by Crippen LogP contribution is -2.42. The van der Waals surface area contributed by atoms with Crippen LogP contribution in [0.15, 0.2) is 48.5 Å². The van der Waals surface area contributed by atoms with Gasteiger partial charge in [-0.05, 0) is 62.9 Å². The fraction of sp³-hybridized carbons (Fsp3) is 0.346. The van der Waals surface area contributed by atoms with Crippen molar-refractivity contribution in [2.45, 2.75) is 33.6 Å². The van der Waals surface area contributed by atoms with Gasteiger partial charge in [0.05, 0.1) is 29.3 Å². The molecule has 1 atom stereocenters. The summed E-state index contributed by atoms with van der Waals surface area (Å²) < 4.78 is 5.20. The molecular formula is C26H28N2O3. The monoisotopic (exact) mass is 416 g/mol. The van der Waals surface area contributed by atoms with E-state index in [0.717, 1.165) is 35.0 Å². The van der Waals surface area contributed by atoms with Crippen LogP contribution < -0.4 is 0 Å². The molecule has 1 fully saturated rings. The summed E-state index contributed by atoms with van der Waals surface area (Å²) in [6.07, 6.45) is 1.55. The Morgan fingerprint density at radius 2 is 1.90 bits per heavy atom. The van der Waals surface area contributed by atoms with E-state index in [1.807, 2.05) is 36.4 Å². The van der Waals surface area contributed by atoms with Gasteiger partial charge >= 0.3 is 5.97 Å². The summed E-state index contributed by atoms with van der Waals surface area (Å²) in [5, 5.41) is 0.832. The maximum absolute atomic E-state index is 13.6. The lowest BCUT2D eigenvalue weighted by molar-refractivity contribution is -0.149. The van der Waals surface area contributed by atoms with E-state index in [0.29, 0.717) is 25.3 Å². The number of carbonyl (C=O) groups is 2. The Labute approximate surface area is 183 Å². The lowest BCUT2D eigenvalue weighted by Gasteiger charge is -2.32. The minimum Gasteiger partial charge on any atom is -0.466 e. The van der Waals surface area contributed by atoms with Crippen LogP contribution in [0.4, 0.5) is 0 Å². The number of para-hydroxylation sites is 1. The van der Waals surface area contributed by atoms with Gasteiger partial charge in [-0.1, -0.05) is 30.3 Å². The Kier molecular flexibility index (Phi) is 6.03. The number of hydrogen-bond acceptors (Lipinski definition) is 4. The molecule has 3 aromatic rings. The van der Waals surface area contributed by atoms with Crippen LogP contribution in [0.5, 0.6) is 0 Å². The molecule has 1 aliphatic rings. The molecule has 5 heteroatoms. The van der Waals surface area contributed by atoms with Gasteiger partial charge in [-0.2, -0.15) is 0 Å². The van der Waals surface area contributed by atoms with Gasteiger partial charge in [-0.3, -0.25) is 9.59 Å². The number of aryl methyl sites for hydroxylation is 2. The zero-order valence-corrected chi connectivity index (χ0v) is 18.4. The molecule has 0 N–H and O–H groups in total. The predicted octanol–water partition coefficient (Wildman–Crippen LogP) is 4.93. The molecule has 5 nitrogen and oxygen atoms in total. The Morgan fingerprint density at radius 1 is 1.10 bits per heavy atom. The van der Waals surface area contributed by atoms with Crippen molar-refractivity contribution in [3.05, 3.63) is 65.2 Å². The first-order valence-corrected chi connectivity index (χ1v) is 10.9.